The summed E-state index contributed by atoms with van der Waals surface area (Å²) in [7, 11) is 0. The van der Waals surface area contributed by atoms with Crippen molar-refractivity contribution >= 4 is 5.69 Å². The highest BCUT2D eigenvalue weighted by molar-refractivity contribution is 5.52. The second-order valence-corrected chi connectivity index (χ2v) is 4.14. The number of ether oxygens (including phenoxy) is 1. The number of nitrogen functional groups attached to an aromatic ring is 1. The van der Waals surface area contributed by atoms with Crippen LogP contribution in [0.15, 0.2) is 42.5 Å². The fourth-order valence-electron chi connectivity index (χ4n) is 1.67. The van der Waals surface area contributed by atoms with Crippen LogP contribution in [-0.4, -0.2) is 0 Å². The van der Waals surface area contributed by atoms with E-state index in [0.717, 1.165) is 18.2 Å². The Balaban J connectivity index is 2.16. The molecule has 106 valence electrons. The molecule has 0 spiro atoms. The molecule has 0 aliphatic heterocycles. The van der Waals surface area contributed by atoms with Gasteiger partial charge >= 0.3 is 6.18 Å². The van der Waals surface area contributed by atoms with Crippen molar-refractivity contribution in [3.05, 3.63) is 59.4 Å². The maximum absolute atomic E-state index is 13.4. The highest BCUT2D eigenvalue weighted by atomic mass is 19.4. The third-order valence-corrected chi connectivity index (χ3v) is 2.63. The van der Waals surface area contributed by atoms with Crippen LogP contribution < -0.4 is 10.5 Å². The maximum Gasteiger partial charge on any atom is 0.416 e. The van der Waals surface area contributed by atoms with Crippen molar-refractivity contribution in [3.8, 4) is 5.75 Å². The zero-order valence-electron chi connectivity index (χ0n) is 10.2. The van der Waals surface area contributed by atoms with Gasteiger partial charge in [0, 0.05) is 0 Å². The fraction of sp³-hybridized carbons (Fsp3) is 0.143. The monoisotopic (exact) mass is 285 g/mol. The van der Waals surface area contributed by atoms with E-state index < -0.39 is 17.6 Å². The Kier molecular flexibility index (Phi) is 3.83. The molecule has 2 rings (SSSR count). The van der Waals surface area contributed by atoms with Gasteiger partial charge in [-0.1, -0.05) is 18.2 Å². The smallest absolute Gasteiger partial charge is 0.416 e. The predicted molar refractivity (Wildman–Crippen MR) is 66.6 cm³/mol. The number of benzene rings is 2. The highest BCUT2D eigenvalue weighted by Crippen LogP contribution is 2.30. The first-order valence-corrected chi connectivity index (χ1v) is 5.71. The lowest BCUT2D eigenvalue weighted by atomic mass is 10.1. The van der Waals surface area contributed by atoms with Crippen LogP contribution in [0.1, 0.15) is 11.1 Å². The summed E-state index contributed by atoms with van der Waals surface area (Å²) in [6.45, 7) is -0.199. The van der Waals surface area contributed by atoms with Crippen LogP contribution in [0.4, 0.5) is 23.2 Å². The summed E-state index contributed by atoms with van der Waals surface area (Å²) < 4.78 is 56.2. The van der Waals surface area contributed by atoms with E-state index in [4.69, 9.17) is 10.5 Å². The number of hydrogen-bond donors (Lipinski definition) is 1. The minimum absolute atomic E-state index is 0.0944. The lowest BCUT2D eigenvalue weighted by Gasteiger charge is -2.11. The molecule has 0 saturated carbocycles. The topological polar surface area (TPSA) is 35.2 Å². The van der Waals surface area contributed by atoms with E-state index in [0.29, 0.717) is 0 Å². The molecule has 20 heavy (non-hydrogen) atoms. The minimum Gasteiger partial charge on any atom is -0.484 e. The molecular formula is C14H11F4NO. The second kappa shape index (κ2) is 5.40. The maximum atomic E-state index is 13.4. The standard InChI is InChI=1S/C14H11F4NO/c15-11-5-2-6-12(19)13(11)20-8-9-3-1-4-10(7-9)14(16,17)18/h1-7H,8,19H2. The van der Waals surface area contributed by atoms with E-state index in [9.17, 15) is 17.6 Å². The molecule has 2 aromatic carbocycles. The molecule has 2 N–H and O–H groups in total. The second-order valence-electron chi connectivity index (χ2n) is 4.14. The normalized spacial score (nSPS) is 11.4. The Bertz CT molecular complexity index is 590. The van der Waals surface area contributed by atoms with Crippen molar-refractivity contribution in [2.75, 3.05) is 5.73 Å². The van der Waals surface area contributed by atoms with Crippen molar-refractivity contribution in [1.82, 2.24) is 0 Å². The molecule has 2 aromatic rings. The van der Waals surface area contributed by atoms with E-state index in [-0.39, 0.29) is 23.6 Å². The molecule has 2 nitrogen and oxygen atoms in total. The number of alkyl halides is 3. The van der Waals surface area contributed by atoms with Crippen molar-refractivity contribution in [2.24, 2.45) is 0 Å². The molecule has 0 heterocycles. The van der Waals surface area contributed by atoms with E-state index in [1.54, 1.807) is 0 Å². The third kappa shape index (κ3) is 3.20. The molecular weight excluding hydrogens is 274 g/mol. The number of para-hydroxylation sites is 1. The van der Waals surface area contributed by atoms with Crippen LogP contribution in [0.3, 0.4) is 0 Å². The lowest BCUT2D eigenvalue weighted by Crippen LogP contribution is -2.06. The van der Waals surface area contributed by atoms with E-state index in [1.807, 2.05) is 0 Å². The molecule has 0 bridgehead atoms. The van der Waals surface area contributed by atoms with Crippen LogP contribution in [0, 0.1) is 5.82 Å². The Labute approximate surface area is 112 Å². The number of halogens is 4. The molecule has 0 aliphatic carbocycles. The van der Waals surface area contributed by atoms with Gasteiger partial charge in [0.2, 0.25) is 0 Å². The van der Waals surface area contributed by atoms with Crippen molar-refractivity contribution in [3.63, 3.8) is 0 Å². The van der Waals surface area contributed by atoms with Crippen LogP contribution in [-0.2, 0) is 12.8 Å². The highest BCUT2D eigenvalue weighted by Gasteiger charge is 2.30. The summed E-state index contributed by atoms with van der Waals surface area (Å²) in [6.07, 6.45) is -4.42. The molecule has 0 fully saturated rings. The van der Waals surface area contributed by atoms with Crippen LogP contribution in [0.2, 0.25) is 0 Å². The van der Waals surface area contributed by atoms with Gasteiger partial charge in [0.1, 0.15) is 6.61 Å². The molecule has 0 atom stereocenters. The number of anilines is 1. The Morgan fingerprint density at radius 1 is 1.05 bits per heavy atom. The fourth-order valence-corrected chi connectivity index (χ4v) is 1.67. The van der Waals surface area contributed by atoms with Gasteiger partial charge in [0.05, 0.1) is 11.3 Å². The molecule has 0 aliphatic rings. The van der Waals surface area contributed by atoms with Gasteiger partial charge in [-0.15, -0.1) is 0 Å². The summed E-state index contributed by atoms with van der Waals surface area (Å²) in [4.78, 5) is 0. The molecule has 0 saturated heterocycles. The Morgan fingerprint density at radius 2 is 1.75 bits per heavy atom. The van der Waals surface area contributed by atoms with Gasteiger partial charge in [-0.25, -0.2) is 4.39 Å². The predicted octanol–water partition coefficient (Wildman–Crippen LogP) is 4.01. The van der Waals surface area contributed by atoms with Crippen LogP contribution >= 0.6 is 0 Å². The van der Waals surface area contributed by atoms with Crippen molar-refractivity contribution < 1.29 is 22.3 Å². The first-order chi connectivity index (χ1) is 9.38. The molecule has 0 aromatic heterocycles. The molecule has 0 amide bonds. The lowest BCUT2D eigenvalue weighted by molar-refractivity contribution is -0.137. The summed E-state index contributed by atoms with van der Waals surface area (Å²) in [5.74, 6) is -0.818. The number of hydrogen-bond acceptors (Lipinski definition) is 2. The third-order valence-electron chi connectivity index (χ3n) is 2.63. The molecule has 0 radical (unpaired) electrons. The van der Waals surface area contributed by atoms with Gasteiger partial charge < -0.3 is 10.5 Å². The first-order valence-electron chi connectivity index (χ1n) is 5.71. The summed E-state index contributed by atoms with van der Waals surface area (Å²) in [5.41, 5.74) is 5.14. The van der Waals surface area contributed by atoms with E-state index in [2.05, 4.69) is 0 Å². The van der Waals surface area contributed by atoms with Gasteiger partial charge in [-0.05, 0) is 29.8 Å². The van der Waals surface area contributed by atoms with Crippen LogP contribution in [0.5, 0.6) is 5.75 Å². The minimum atomic E-state index is -4.42. The van der Waals surface area contributed by atoms with Gasteiger partial charge in [-0.2, -0.15) is 13.2 Å². The van der Waals surface area contributed by atoms with Crippen LogP contribution in [0.25, 0.3) is 0 Å². The number of rotatable bonds is 3. The van der Waals surface area contributed by atoms with Crippen molar-refractivity contribution in [2.45, 2.75) is 12.8 Å². The van der Waals surface area contributed by atoms with E-state index >= 15 is 0 Å². The Hall–Kier alpha value is -2.24. The largest absolute Gasteiger partial charge is 0.484 e. The summed E-state index contributed by atoms with van der Waals surface area (Å²) in [5, 5.41) is 0. The summed E-state index contributed by atoms with van der Waals surface area (Å²) >= 11 is 0. The average molecular weight is 285 g/mol. The van der Waals surface area contributed by atoms with Crippen molar-refractivity contribution in [1.29, 1.82) is 0 Å². The van der Waals surface area contributed by atoms with Gasteiger partial charge in [0.25, 0.3) is 0 Å². The Morgan fingerprint density at radius 3 is 2.40 bits per heavy atom. The quantitative estimate of drug-likeness (QED) is 0.683. The van der Waals surface area contributed by atoms with Gasteiger partial charge in [-0.3, -0.25) is 0 Å². The zero-order chi connectivity index (χ0) is 14.8. The molecule has 0 unspecified atom stereocenters. The SMILES string of the molecule is Nc1cccc(F)c1OCc1cccc(C(F)(F)F)c1. The van der Waals surface area contributed by atoms with E-state index in [1.165, 1.54) is 24.3 Å². The first kappa shape index (κ1) is 14.2. The average Bonchev–Trinajstić information content (AvgIpc) is 2.37. The zero-order valence-corrected chi connectivity index (χ0v) is 10.2. The summed E-state index contributed by atoms with van der Waals surface area (Å²) in [6, 6.07) is 8.68. The van der Waals surface area contributed by atoms with Gasteiger partial charge in [0.15, 0.2) is 11.6 Å². The molecule has 6 heteroatoms. The number of nitrogens with two attached hydrogens (primary N) is 1.